The van der Waals surface area contributed by atoms with Gasteiger partial charge in [0.2, 0.25) is 0 Å². The molecule has 0 spiro atoms. The van der Waals surface area contributed by atoms with E-state index in [1.165, 1.54) is 19.2 Å². The van der Waals surface area contributed by atoms with Crippen LogP contribution in [0.15, 0.2) is 23.2 Å². The van der Waals surface area contributed by atoms with Crippen molar-refractivity contribution < 1.29 is 17.9 Å². The van der Waals surface area contributed by atoms with Crippen LogP contribution in [0, 0.1) is 0 Å². The molecule has 1 aliphatic heterocycles. The van der Waals surface area contributed by atoms with Gasteiger partial charge in [0.15, 0.2) is 5.96 Å². The van der Waals surface area contributed by atoms with E-state index < -0.39 is 11.7 Å². The van der Waals surface area contributed by atoms with Gasteiger partial charge >= 0.3 is 6.18 Å². The van der Waals surface area contributed by atoms with Crippen LogP contribution in [0.2, 0.25) is 0 Å². The highest BCUT2D eigenvalue weighted by molar-refractivity contribution is 14.0. The molecule has 0 amide bonds. The lowest BCUT2D eigenvalue weighted by Crippen LogP contribution is -2.39. The highest BCUT2D eigenvalue weighted by atomic mass is 127. The molecule has 1 heterocycles. The summed E-state index contributed by atoms with van der Waals surface area (Å²) in [5.74, 6) is 0.866. The molecule has 4 nitrogen and oxygen atoms in total. The Hall–Kier alpha value is -1.19. The van der Waals surface area contributed by atoms with Gasteiger partial charge in [-0.25, -0.2) is 4.99 Å². The van der Waals surface area contributed by atoms with Gasteiger partial charge in [0, 0.05) is 19.6 Å². The summed E-state index contributed by atoms with van der Waals surface area (Å²) in [5.41, 5.74) is -0.550. The van der Waals surface area contributed by atoms with Crippen molar-refractivity contribution in [2.75, 3.05) is 26.7 Å². The van der Waals surface area contributed by atoms with E-state index in [4.69, 9.17) is 4.74 Å². The molecule has 0 aromatic heterocycles. The molecule has 2 rings (SSSR count). The molecule has 0 unspecified atom stereocenters. The third-order valence-corrected chi connectivity index (χ3v) is 3.76. The number of hydrogen-bond acceptors (Lipinski definition) is 2. The van der Waals surface area contributed by atoms with E-state index in [2.05, 4.69) is 15.2 Å². The van der Waals surface area contributed by atoms with Crippen molar-refractivity contribution in [3.63, 3.8) is 0 Å². The van der Waals surface area contributed by atoms with E-state index in [1.54, 1.807) is 0 Å². The molecule has 136 valence electrons. The minimum absolute atomic E-state index is 0. The standard InChI is InChI=1S/C16H22F3N3O.HI/c1-3-20-15(22-8-4-5-9-22)21-11-12-6-7-13(23-2)10-14(12)16(17,18)19;/h6-7,10H,3-5,8-9,11H2,1-2H3,(H,20,21);1H. The number of likely N-dealkylation sites (tertiary alicyclic amines) is 1. The number of nitrogens with one attached hydrogen (secondary N) is 1. The molecule has 0 bridgehead atoms. The van der Waals surface area contributed by atoms with Crippen LogP contribution in [0.5, 0.6) is 5.75 Å². The summed E-state index contributed by atoms with van der Waals surface area (Å²) in [6, 6.07) is 3.98. The second kappa shape index (κ2) is 9.33. The Labute approximate surface area is 157 Å². The Balaban J connectivity index is 0.00000288. The zero-order chi connectivity index (χ0) is 16.9. The monoisotopic (exact) mass is 457 g/mol. The van der Waals surface area contributed by atoms with E-state index in [9.17, 15) is 13.2 Å². The number of aliphatic imine (C=N–C) groups is 1. The lowest BCUT2D eigenvalue weighted by molar-refractivity contribution is -0.138. The molecule has 1 aromatic rings. The lowest BCUT2D eigenvalue weighted by atomic mass is 10.1. The number of guanidine groups is 1. The molecule has 8 heteroatoms. The van der Waals surface area contributed by atoms with Crippen molar-refractivity contribution in [3.8, 4) is 5.75 Å². The van der Waals surface area contributed by atoms with Gasteiger partial charge in [0.1, 0.15) is 5.75 Å². The largest absolute Gasteiger partial charge is 0.497 e. The normalized spacial score (nSPS) is 15.2. The first-order valence-corrected chi connectivity index (χ1v) is 7.73. The molecule has 1 aliphatic rings. The maximum atomic E-state index is 13.2. The molecule has 1 N–H and O–H groups in total. The van der Waals surface area contributed by atoms with Crippen LogP contribution >= 0.6 is 24.0 Å². The average molecular weight is 457 g/mol. The molecular formula is C16H23F3IN3O. The highest BCUT2D eigenvalue weighted by Gasteiger charge is 2.33. The van der Waals surface area contributed by atoms with Crippen molar-refractivity contribution in [2.45, 2.75) is 32.5 Å². The number of ether oxygens (including phenoxy) is 1. The van der Waals surface area contributed by atoms with Gasteiger partial charge in [-0.2, -0.15) is 13.2 Å². The van der Waals surface area contributed by atoms with Crippen LogP contribution in [0.25, 0.3) is 0 Å². The third kappa shape index (κ3) is 5.42. The Morgan fingerprint density at radius 2 is 1.96 bits per heavy atom. The first kappa shape index (κ1) is 20.9. The second-order valence-corrected chi connectivity index (χ2v) is 5.39. The minimum Gasteiger partial charge on any atom is -0.497 e. The molecular weight excluding hydrogens is 434 g/mol. The minimum atomic E-state index is -4.43. The Morgan fingerprint density at radius 3 is 2.50 bits per heavy atom. The molecule has 1 aromatic carbocycles. The van der Waals surface area contributed by atoms with E-state index in [-0.39, 0.29) is 41.8 Å². The van der Waals surface area contributed by atoms with Crippen molar-refractivity contribution in [1.29, 1.82) is 0 Å². The summed E-state index contributed by atoms with van der Waals surface area (Å²) in [6.45, 7) is 4.39. The zero-order valence-corrected chi connectivity index (χ0v) is 16.1. The summed E-state index contributed by atoms with van der Waals surface area (Å²) in [7, 11) is 1.35. The molecule has 0 radical (unpaired) electrons. The summed E-state index contributed by atoms with van der Waals surface area (Å²) in [4.78, 5) is 6.47. The summed E-state index contributed by atoms with van der Waals surface area (Å²) in [5, 5.41) is 3.15. The van der Waals surface area contributed by atoms with E-state index in [0.717, 1.165) is 32.0 Å². The topological polar surface area (TPSA) is 36.9 Å². The number of nitrogens with zero attached hydrogens (tertiary/aromatic N) is 2. The summed E-state index contributed by atoms with van der Waals surface area (Å²) in [6.07, 6.45) is -2.26. The van der Waals surface area contributed by atoms with Gasteiger partial charge in [0.25, 0.3) is 0 Å². The number of halogens is 4. The van der Waals surface area contributed by atoms with Gasteiger partial charge in [-0.15, -0.1) is 24.0 Å². The number of methoxy groups -OCH3 is 1. The maximum Gasteiger partial charge on any atom is 0.416 e. The molecule has 0 saturated carbocycles. The first-order valence-electron chi connectivity index (χ1n) is 7.73. The fourth-order valence-electron chi connectivity index (χ4n) is 2.60. The molecule has 0 atom stereocenters. The molecule has 1 saturated heterocycles. The fraction of sp³-hybridized carbons (Fsp3) is 0.562. The summed E-state index contributed by atoms with van der Waals surface area (Å²) < 4.78 is 44.5. The Kier molecular flexibility index (Phi) is 8.11. The van der Waals surface area contributed by atoms with Gasteiger partial charge in [0.05, 0.1) is 19.2 Å². The molecule has 24 heavy (non-hydrogen) atoms. The van der Waals surface area contributed by atoms with E-state index >= 15 is 0 Å². The Bertz CT molecular complexity index is 558. The second-order valence-electron chi connectivity index (χ2n) is 5.39. The third-order valence-electron chi connectivity index (χ3n) is 3.76. The van der Waals surface area contributed by atoms with Gasteiger partial charge < -0.3 is 15.0 Å². The lowest BCUT2D eigenvalue weighted by Gasteiger charge is -2.21. The fourth-order valence-corrected chi connectivity index (χ4v) is 2.60. The summed E-state index contributed by atoms with van der Waals surface area (Å²) >= 11 is 0. The van der Waals surface area contributed by atoms with Crippen LogP contribution in [0.4, 0.5) is 13.2 Å². The number of alkyl halides is 3. The van der Waals surface area contributed by atoms with Crippen LogP contribution in [-0.2, 0) is 12.7 Å². The quantitative estimate of drug-likeness (QED) is 0.424. The zero-order valence-electron chi connectivity index (χ0n) is 13.8. The number of hydrogen-bond donors (Lipinski definition) is 1. The molecule has 0 aliphatic carbocycles. The predicted molar refractivity (Wildman–Crippen MR) is 99.0 cm³/mol. The predicted octanol–water partition coefficient (Wildman–Crippen LogP) is 3.89. The highest BCUT2D eigenvalue weighted by Crippen LogP contribution is 2.34. The van der Waals surface area contributed by atoms with Gasteiger partial charge in [-0.05, 0) is 37.5 Å². The van der Waals surface area contributed by atoms with Crippen molar-refractivity contribution in [1.82, 2.24) is 10.2 Å². The van der Waals surface area contributed by atoms with Crippen LogP contribution in [0.1, 0.15) is 30.9 Å². The van der Waals surface area contributed by atoms with Crippen molar-refractivity contribution in [3.05, 3.63) is 29.3 Å². The number of rotatable bonds is 4. The Morgan fingerprint density at radius 1 is 1.29 bits per heavy atom. The van der Waals surface area contributed by atoms with Gasteiger partial charge in [-0.3, -0.25) is 0 Å². The SMILES string of the molecule is CCNC(=NCc1ccc(OC)cc1C(F)(F)F)N1CCCC1.I. The maximum absolute atomic E-state index is 13.2. The van der Waals surface area contributed by atoms with E-state index in [1.807, 2.05) is 6.92 Å². The average Bonchev–Trinajstić information content (AvgIpc) is 3.04. The van der Waals surface area contributed by atoms with Crippen LogP contribution in [0.3, 0.4) is 0 Å². The van der Waals surface area contributed by atoms with Crippen molar-refractivity contribution >= 4 is 29.9 Å². The van der Waals surface area contributed by atoms with Gasteiger partial charge in [-0.1, -0.05) is 6.07 Å². The number of benzene rings is 1. The van der Waals surface area contributed by atoms with E-state index in [0.29, 0.717) is 12.5 Å². The smallest absolute Gasteiger partial charge is 0.416 e. The molecule has 1 fully saturated rings. The van der Waals surface area contributed by atoms with Crippen LogP contribution < -0.4 is 10.1 Å². The first-order chi connectivity index (χ1) is 11.0. The van der Waals surface area contributed by atoms with Crippen molar-refractivity contribution in [2.24, 2.45) is 4.99 Å². The van der Waals surface area contributed by atoms with Crippen LogP contribution in [-0.4, -0.2) is 37.6 Å².